The van der Waals surface area contributed by atoms with Crippen LogP contribution in [-0.2, 0) is 6.42 Å². The van der Waals surface area contributed by atoms with Crippen molar-refractivity contribution in [3.05, 3.63) is 35.6 Å². The first kappa shape index (κ1) is 12.7. The molecule has 0 saturated carbocycles. The van der Waals surface area contributed by atoms with E-state index in [9.17, 15) is 0 Å². The number of halogens is 1. The van der Waals surface area contributed by atoms with E-state index in [1.807, 2.05) is 12.1 Å². The van der Waals surface area contributed by atoms with Gasteiger partial charge in [-0.25, -0.2) is 4.98 Å². The fourth-order valence-electron chi connectivity index (χ4n) is 1.60. The van der Waals surface area contributed by atoms with Crippen LogP contribution in [0.25, 0.3) is 0 Å². The van der Waals surface area contributed by atoms with Gasteiger partial charge >= 0.3 is 0 Å². The van der Waals surface area contributed by atoms with E-state index in [1.165, 1.54) is 6.20 Å². The highest BCUT2D eigenvalue weighted by atomic mass is 35.5. The average molecular weight is 267 g/mol. The summed E-state index contributed by atoms with van der Waals surface area (Å²) in [7, 11) is 0. The Balaban J connectivity index is 1.90. The van der Waals surface area contributed by atoms with Crippen molar-refractivity contribution in [2.24, 2.45) is 0 Å². The van der Waals surface area contributed by atoms with Crippen molar-refractivity contribution in [2.75, 3.05) is 11.1 Å². The van der Waals surface area contributed by atoms with Gasteiger partial charge in [0.05, 0.1) is 18.1 Å². The van der Waals surface area contributed by atoms with E-state index in [0.29, 0.717) is 11.5 Å². The summed E-state index contributed by atoms with van der Waals surface area (Å²) in [4.78, 5) is 7.86. The maximum atomic E-state index is 5.76. The summed E-state index contributed by atoms with van der Waals surface area (Å²) in [6, 6.07) is 4.06. The van der Waals surface area contributed by atoms with Crippen LogP contribution in [0.3, 0.4) is 0 Å². The van der Waals surface area contributed by atoms with Crippen LogP contribution >= 0.6 is 11.6 Å². The Morgan fingerprint density at radius 3 is 3.11 bits per heavy atom. The van der Waals surface area contributed by atoms with Crippen molar-refractivity contribution in [1.82, 2.24) is 9.97 Å². The largest absolute Gasteiger partial charge is 0.469 e. The molecule has 0 saturated heterocycles. The van der Waals surface area contributed by atoms with E-state index < -0.39 is 0 Å². The maximum Gasteiger partial charge on any atom is 0.224 e. The maximum absolute atomic E-state index is 5.76. The number of nitrogens with two attached hydrogens (primary N) is 1. The molecule has 0 spiro atoms. The lowest BCUT2D eigenvalue weighted by atomic mass is 10.1. The normalized spacial score (nSPS) is 12.3. The van der Waals surface area contributed by atoms with Gasteiger partial charge in [-0.1, -0.05) is 0 Å². The molecular formula is C12H15ClN4O. The van der Waals surface area contributed by atoms with Gasteiger partial charge in [0.15, 0.2) is 5.82 Å². The molecule has 2 rings (SSSR count). The lowest BCUT2D eigenvalue weighted by molar-refractivity contribution is 0.495. The first-order valence-electron chi connectivity index (χ1n) is 5.72. The summed E-state index contributed by atoms with van der Waals surface area (Å²) in [5, 5.41) is 3.40. The smallest absolute Gasteiger partial charge is 0.224 e. The molecule has 0 aliphatic carbocycles. The predicted octanol–water partition coefficient (Wildman–Crippen LogP) is 2.74. The molecule has 96 valence electrons. The molecule has 2 heterocycles. The lowest BCUT2D eigenvalue weighted by Crippen LogP contribution is -2.18. The number of aryl methyl sites for hydroxylation is 1. The molecule has 0 amide bonds. The minimum atomic E-state index is 0.185. The first-order chi connectivity index (χ1) is 8.65. The van der Waals surface area contributed by atoms with Crippen LogP contribution in [0, 0.1) is 0 Å². The topological polar surface area (TPSA) is 77.0 Å². The van der Waals surface area contributed by atoms with Gasteiger partial charge in [0.25, 0.3) is 0 Å². The fraction of sp³-hybridized carbons (Fsp3) is 0.333. The molecule has 3 N–H and O–H groups in total. The first-order valence-corrected chi connectivity index (χ1v) is 6.10. The van der Waals surface area contributed by atoms with Gasteiger partial charge < -0.3 is 15.5 Å². The zero-order chi connectivity index (χ0) is 13.0. The number of hydrogen-bond acceptors (Lipinski definition) is 5. The summed E-state index contributed by atoms with van der Waals surface area (Å²) < 4.78 is 5.28. The van der Waals surface area contributed by atoms with E-state index in [1.54, 1.807) is 6.26 Å². The summed E-state index contributed by atoms with van der Waals surface area (Å²) in [5.74, 6) is 1.54. The Morgan fingerprint density at radius 2 is 2.39 bits per heavy atom. The molecule has 2 aromatic heterocycles. The summed E-state index contributed by atoms with van der Waals surface area (Å²) in [6.45, 7) is 2.05. The number of nitrogens with zero attached hydrogens (tertiary/aromatic N) is 2. The third kappa shape index (κ3) is 3.37. The third-order valence-corrected chi connectivity index (χ3v) is 2.76. The molecule has 0 radical (unpaired) electrons. The second-order valence-corrected chi connectivity index (χ2v) is 4.44. The number of anilines is 2. The zero-order valence-corrected chi connectivity index (χ0v) is 10.8. The Kier molecular flexibility index (Phi) is 4.04. The highest BCUT2D eigenvalue weighted by Gasteiger charge is 2.08. The molecule has 6 heteroatoms. The van der Waals surface area contributed by atoms with E-state index >= 15 is 0 Å². The van der Waals surface area contributed by atoms with Gasteiger partial charge in [-0.3, -0.25) is 0 Å². The second-order valence-electron chi connectivity index (χ2n) is 4.11. The van der Waals surface area contributed by atoms with Crippen LogP contribution < -0.4 is 11.1 Å². The molecular weight excluding hydrogens is 252 g/mol. The van der Waals surface area contributed by atoms with Crippen LogP contribution in [0.15, 0.2) is 29.0 Å². The molecule has 18 heavy (non-hydrogen) atoms. The van der Waals surface area contributed by atoms with E-state index in [4.69, 9.17) is 21.8 Å². The number of furan rings is 1. The molecule has 0 aliphatic rings. The number of rotatable bonds is 5. The SMILES string of the molecule is CC(CCc1ccco1)Nc1nc(Cl)ncc1N. The molecule has 0 bridgehead atoms. The van der Waals surface area contributed by atoms with Crippen LogP contribution in [-0.4, -0.2) is 16.0 Å². The van der Waals surface area contributed by atoms with E-state index in [2.05, 4.69) is 22.2 Å². The van der Waals surface area contributed by atoms with Crippen LogP contribution in [0.4, 0.5) is 11.5 Å². The van der Waals surface area contributed by atoms with Crippen molar-refractivity contribution in [1.29, 1.82) is 0 Å². The van der Waals surface area contributed by atoms with Crippen molar-refractivity contribution in [3.63, 3.8) is 0 Å². The van der Waals surface area contributed by atoms with Gasteiger partial charge in [-0.15, -0.1) is 0 Å². The number of nitrogen functional groups attached to an aromatic ring is 1. The Bertz CT molecular complexity index is 501. The number of nitrogens with one attached hydrogen (secondary N) is 1. The standard InChI is InChI=1S/C12H15ClN4O/c1-8(4-5-9-3-2-6-18-9)16-11-10(14)7-15-12(13)17-11/h2-3,6-8H,4-5,14H2,1H3,(H,15,16,17). The summed E-state index contributed by atoms with van der Waals surface area (Å²) in [5.41, 5.74) is 6.25. The second kappa shape index (κ2) is 5.73. The molecule has 2 aromatic rings. The number of hydrogen-bond donors (Lipinski definition) is 2. The van der Waals surface area contributed by atoms with E-state index in [0.717, 1.165) is 18.6 Å². The monoisotopic (exact) mass is 266 g/mol. The zero-order valence-electron chi connectivity index (χ0n) is 10.1. The highest BCUT2D eigenvalue weighted by molar-refractivity contribution is 6.28. The molecule has 0 fully saturated rings. The van der Waals surface area contributed by atoms with Gasteiger partial charge in [-0.05, 0) is 37.1 Å². The quantitative estimate of drug-likeness (QED) is 0.814. The Labute approximate surface area is 110 Å². The van der Waals surface area contributed by atoms with Crippen molar-refractivity contribution < 1.29 is 4.42 Å². The summed E-state index contributed by atoms with van der Waals surface area (Å²) in [6.07, 6.45) is 4.95. The van der Waals surface area contributed by atoms with Crippen LogP contribution in [0.2, 0.25) is 5.28 Å². The highest BCUT2D eigenvalue weighted by Crippen LogP contribution is 2.18. The van der Waals surface area contributed by atoms with Crippen molar-refractivity contribution in [3.8, 4) is 0 Å². The Morgan fingerprint density at radius 1 is 1.56 bits per heavy atom. The van der Waals surface area contributed by atoms with E-state index in [-0.39, 0.29) is 11.3 Å². The Hall–Kier alpha value is -1.75. The fourth-order valence-corrected chi connectivity index (χ4v) is 1.74. The molecule has 0 aromatic carbocycles. The minimum Gasteiger partial charge on any atom is -0.469 e. The van der Waals surface area contributed by atoms with Crippen molar-refractivity contribution in [2.45, 2.75) is 25.8 Å². The third-order valence-electron chi connectivity index (χ3n) is 2.57. The van der Waals surface area contributed by atoms with Crippen molar-refractivity contribution >= 4 is 23.1 Å². The molecule has 5 nitrogen and oxygen atoms in total. The summed E-state index contributed by atoms with van der Waals surface area (Å²) >= 11 is 5.73. The number of aromatic nitrogens is 2. The van der Waals surface area contributed by atoms with Gasteiger partial charge in [-0.2, -0.15) is 4.98 Å². The molecule has 0 aliphatic heterocycles. The predicted molar refractivity (Wildman–Crippen MR) is 71.6 cm³/mol. The van der Waals surface area contributed by atoms with Gasteiger partial charge in [0.1, 0.15) is 5.76 Å². The minimum absolute atomic E-state index is 0.185. The van der Waals surface area contributed by atoms with Gasteiger partial charge in [0, 0.05) is 12.5 Å². The lowest BCUT2D eigenvalue weighted by Gasteiger charge is -2.15. The molecule has 1 unspecified atom stereocenters. The van der Waals surface area contributed by atoms with Crippen LogP contribution in [0.1, 0.15) is 19.1 Å². The molecule has 1 atom stereocenters. The van der Waals surface area contributed by atoms with Crippen LogP contribution in [0.5, 0.6) is 0 Å². The average Bonchev–Trinajstić information content (AvgIpc) is 2.84. The van der Waals surface area contributed by atoms with Gasteiger partial charge in [0.2, 0.25) is 5.28 Å².